The first-order valence-corrected chi connectivity index (χ1v) is 10.4. The number of aryl methyl sites for hydroxylation is 1. The van der Waals surface area contributed by atoms with E-state index < -0.39 is 0 Å². The molecule has 1 atom stereocenters. The van der Waals surface area contributed by atoms with Crippen LogP contribution in [0.1, 0.15) is 91.4 Å². The molecule has 0 bridgehead atoms. The quantitative estimate of drug-likeness (QED) is 0.660. The Morgan fingerprint density at radius 1 is 1.10 bits per heavy atom. The number of amides is 1. The van der Waals surface area contributed by atoms with Gasteiger partial charge in [-0.3, -0.25) is 9.59 Å². The lowest BCUT2D eigenvalue weighted by atomic mass is 9.92. The van der Waals surface area contributed by atoms with Gasteiger partial charge < -0.3 is 10.1 Å². The van der Waals surface area contributed by atoms with Gasteiger partial charge in [0.1, 0.15) is 5.75 Å². The third kappa shape index (κ3) is 4.21. The second kappa shape index (κ2) is 8.40. The van der Waals surface area contributed by atoms with E-state index in [9.17, 15) is 9.59 Å². The summed E-state index contributed by atoms with van der Waals surface area (Å²) in [7, 11) is 0. The molecule has 4 heteroatoms. The van der Waals surface area contributed by atoms with Gasteiger partial charge >= 0.3 is 0 Å². The fraction of sp³-hybridized carbons (Fsp3) is 0.440. The Bertz CT molecular complexity index is 917. The summed E-state index contributed by atoms with van der Waals surface area (Å²) in [4.78, 5) is 25.2. The average Bonchev–Trinajstić information content (AvgIpc) is 2.96. The smallest absolute Gasteiger partial charge is 0.262 e. The zero-order valence-corrected chi connectivity index (χ0v) is 18.3. The van der Waals surface area contributed by atoms with Crippen molar-refractivity contribution < 1.29 is 14.3 Å². The van der Waals surface area contributed by atoms with Gasteiger partial charge in [0.05, 0.1) is 5.56 Å². The summed E-state index contributed by atoms with van der Waals surface area (Å²) in [6, 6.07) is 9.92. The Balaban J connectivity index is 1.80. The van der Waals surface area contributed by atoms with E-state index in [2.05, 4.69) is 52.1 Å². The highest BCUT2D eigenvalue weighted by molar-refractivity contribution is 6.04. The van der Waals surface area contributed by atoms with Crippen molar-refractivity contribution >= 4 is 17.4 Å². The molecule has 0 saturated heterocycles. The van der Waals surface area contributed by atoms with E-state index in [-0.39, 0.29) is 24.2 Å². The fourth-order valence-corrected chi connectivity index (χ4v) is 4.24. The van der Waals surface area contributed by atoms with Crippen molar-refractivity contribution in [2.24, 2.45) is 0 Å². The number of nitrogens with one attached hydrogen (secondary N) is 1. The topological polar surface area (TPSA) is 55.4 Å². The Hall–Kier alpha value is -2.62. The molecule has 0 spiro atoms. The number of ketones is 1. The van der Waals surface area contributed by atoms with Crippen molar-refractivity contribution in [3.8, 4) is 5.75 Å². The van der Waals surface area contributed by atoms with E-state index >= 15 is 0 Å². The number of para-hydroxylation sites is 1. The molecule has 29 heavy (non-hydrogen) atoms. The zero-order chi connectivity index (χ0) is 21.3. The predicted octanol–water partition coefficient (Wildman–Crippen LogP) is 5.95. The van der Waals surface area contributed by atoms with Gasteiger partial charge in [-0.05, 0) is 53.0 Å². The second-order valence-corrected chi connectivity index (χ2v) is 8.66. The van der Waals surface area contributed by atoms with Crippen molar-refractivity contribution in [2.75, 3.05) is 11.9 Å². The highest BCUT2D eigenvalue weighted by Gasteiger charge is 2.31. The minimum absolute atomic E-state index is 0.0962. The number of fused-ring (bicyclic) bond motifs is 1. The van der Waals surface area contributed by atoms with Gasteiger partial charge in [0.15, 0.2) is 12.4 Å². The monoisotopic (exact) mass is 393 g/mol. The lowest BCUT2D eigenvalue weighted by Crippen LogP contribution is -2.22. The van der Waals surface area contributed by atoms with Crippen LogP contribution in [0.3, 0.4) is 0 Å². The second-order valence-electron chi connectivity index (χ2n) is 8.66. The first-order valence-electron chi connectivity index (χ1n) is 10.4. The van der Waals surface area contributed by atoms with Crippen LogP contribution in [-0.4, -0.2) is 18.3 Å². The molecule has 2 aromatic carbocycles. The van der Waals surface area contributed by atoms with E-state index in [1.165, 1.54) is 0 Å². The Labute approximate surface area is 173 Å². The Morgan fingerprint density at radius 2 is 1.72 bits per heavy atom. The third-order valence-corrected chi connectivity index (χ3v) is 5.68. The summed E-state index contributed by atoms with van der Waals surface area (Å²) in [5, 5.41) is 3.06. The maximum Gasteiger partial charge on any atom is 0.262 e. The van der Waals surface area contributed by atoms with Gasteiger partial charge in [0, 0.05) is 12.1 Å². The molecule has 4 nitrogen and oxygen atoms in total. The van der Waals surface area contributed by atoms with Crippen molar-refractivity contribution in [3.05, 3.63) is 58.1 Å². The van der Waals surface area contributed by atoms with Crippen LogP contribution in [0.2, 0.25) is 0 Å². The van der Waals surface area contributed by atoms with Crippen LogP contribution < -0.4 is 10.1 Å². The third-order valence-electron chi connectivity index (χ3n) is 5.68. The SMILES string of the molecule is Cc1ccc(OCC(=O)Nc2c(C(C)C)cccc2C(C)C)c2c1C(C)CC2=O. The average molecular weight is 394 g/mol. The van der Waals surface area contributed by atoms with Crippen LogP contribution in [0.5, 0.6) is 5.75 Å². The first kappa shape index (κ1) is 21.1. The summed E-state index contributed by atoms with van der Waals surface area (Å²) in [6.45, 7) is 12.4. The van der Waals surface area contributed by atoms with Gasteiger partial charge in [0.25, 0.3) is 5.91 Å². The number of ether oxygens (including phenoxy) is 1. The van der Waals surface area contributed by atoms with E-state index in [1.807, 2.05) is 19.1 Å². The summed E-state index contributed by atoms with van der Waals surface area (Å²) < 4.78 is 5.82. The predicted molar refractivity (Wildman–Crippen MR) is 117 cm³/mol. The number of Topliss-reactive ketones (excluding diaryl/α,β-unsaturated/α-hetero) is 1. The van der Waals surface area contributed by atoms with Crippen LogP contribution in [0.25, 0.3) is 0 Å². The minimum atomic E-state index is -0.215. The zero-order valence-electron chi connectivity index (χ0n) is 18.3. The molecular formula is C25H31NO3. The van der Waals surface area contributed by atoms with Gasteiger partial charge in [0.2, 0.25) is 0 Å². The van der Waals surface area contributed by atoms with Crippen LogP contribution in [-0.2, 0) is 4.79 Å². The van der Waals surface area contributed by atoms with Crippen LogP contribution in [0.15, 0.2) is 30.3 Å². The number of hydrogen-bond donors (Lipinski definition) is 1. The largest absolute Gasteiger partial charge is 0.483 e. The van der Waals surface area contributed by atoms with Crippen molar-refractivity contribution in [1.82, 2.24) is 0 Å². The van der Waals surface area contributed by atoms with Gasteiger partial charge in [-0.25, -0.2) is 0 Å². The minimum Gasteiger partial charge on any atom is -0.483 e. The molecule has 154 valence electrons. The molecule has 0 heterocycles. The lowest BCUT2D eigenvalue weighted by molar-refractivity contribution is -0.118. The molecule has 1 N–H and O–H groups in total. The molecule has 1 unspecified atom stereocenters. The fourth-order valence-electron chi connectivity index (χ4n) is 4.24. The maximum atomic E-state index is 12.7. The first-order chi connectivity index (χ1) is 13.7. The number of anilines is 1. The van der Waals surface area contributed by atoms with E-state index in [0.717, 1.165) is 27.9 Å². The summed E-state index contributed by atoms with van der Waals surface area (Å²) in [5.74, 6) is 1.18. The molecule has 0 radical (unpaired) electrons. The maximum absolute atomic E-state index is 12.7. The van der Waals surface area contributed by atoms with Gasteiger partial charge in [-0.15, -0.1) is 0 Å². The molecule has 1 amide bonds. The number of carbonyl (C=O) groups is 2. The molecule has 2 aromatic rings. The molecule has 0 fully saturated rings. The number of hydrogen-bond acceptors (Lipinski definition) is 3. The molecular weight excluding hydrogens is 362 g/mol. The van der Waals surface area contributed by atoms with Gasteiger partial charge in [-0.1, -0.05) is 58.9 Å². The number of carbonyl (C=O) groups excluding carboxylic acids is 2. The molecule has 1 aliphatic carbocycles. The Kier molecular flexibility index (Phi) is 6.11. The lowest BCUT2D eigenvalue weighted by Gasteiger charge is -2.20. The summed E-state index contributed by atoms with van der Waals surface area (Å²) >= 11 is 0. The van der Waals surface area contributed by atoms with Crippen molar-refractivity contribution in [2.45, 2.75) is 65.7 Å². The summed E-state index contributed by atoms with van der Waals surface area (Å²) in [5.41, 5.74) is 5.91. The van der Waals surface area contributed by atoms with E-state index in [1.54, 1.807) is 6.07 Å². The highest BCUT2D eigenvalue weighted by atomic mass is 16.5. The molecule has 0 aliphatic heterocycles. The Morgan fingerprint density at radius 3 is 2.31 bits per heavy atom. The normalized spacial score (nSPS) is 15.7. The molecule has 0 saturated carbocycles. The standard InChI is InChI=1S/C25H31NO3/c1-14(2)18-8-7-9-19(15(3)4)25(18)26-22(28)13-29-21-11-10-16(5)23-17(6)12-20(27)24(21)23/h7-11,14-15,17H,12-13H2,1-6H3,(H,26,28). The van der Waals surface area contributed by atoms with E-state index in [4.69, 9.17) is 4.74 Å². The van der Waals surface area contributed by atoms with Crippen molar-refractivity contribution in [3.63, 3.8) is 0 Å². The van der Waals surface area contributed by atoms with Gasteiger partial charge in [-0.2, -0.15) is 0 Å². The van der Waals surface area contributed by atoms with Crippen LogP contribution in [0.4, 0.5) is 5.69 Å². The molecule has 0 aromatic heterocycles. The van der Waals surface area contributed by atoms with E-state index in [0.29, 0.717) is 29.6 Å². The highest BCUT2D eigenvalue weighted by Crippen LogP contribution is 2.40. The van der Waals surface area contributed by atoms with Crippen LogP contribution in [0, 0.1) is 6.92 Å². The number of benzene rings is 2. The molecule has 1 aliphatic rings. The summed E-state index contributed by atoms with van der Waals surface area (Å²) in [6.07, 6.45) is 0.502. The van der Waals surface area contributed by atoms with Crippen molar-refractivity contribution in [1.29, 1.82) is 0 Å². The number of rotatable bonds is 6. The molecule has 3 rings (SSSR count). The van der Waals surface area contributed by atoms with Crippen LogP contribution >= 0.6 is 0 Å².